The van der Waals surface area contributed by atoms with Crippen LogP contribution < -0.4 is 10.1 Å². The summed E-state index contributed by atoms with van der Waals surface area (Å²) in [4.78, 5) is 0. The summed E-state index contributed by atoms with van der Waals surface area (Å²) in [5.74, 6) is 0.335. The second-order valence-electron chi connectivity index (χ2n) is 4.30. The molecule has 4 nitrogen and oxygen atoms in total. The van der Waals surface area contributed by atoms with Gasteiger partial charge in [-0.2, -0.15) is 5.10 Å². The molecule has 2 aromatic rings. The Kier molecular flexibility index (Phi) is 4.04. The van der Waals surface area contributed by atoms with Crippen molar-refractivity contribution in [2.75, 3.05) is 12.4 Å². The molecule has 0 atom stereocenters. The molecular formula is C14H18FN3O. The van der Waals surface area contributed by atoms with E-state index in [1.54, 1.807) is 19.2 Å². The molecule has 0 aliphatic carbocycles. The second kappa shape index (κ2) is 5.73. The van der Waals surface area contributed by atoms with Crippen molar-refractivity contribution in [2.24, 2.45) is 7.05 Å². The minimum atomic E-state index is -0.293. The van der Waals surface area contributed by atoms with Crippen molar-refractivity contribution in [3.63, 3.8) is 0 Å². The highest BCUT2D eigenvalue weighted by molar-refractivity contribution is 5.49. The van der Waals surface area contributed by atoms with Crippen molar-refractivity contribution < 1.29 is 9.13 Å². The molecule has 1 N–H and O–H groups in total. The number of benzene rings is 1. The topological polar surface area (TPSA) is 39.1 Å². The van der Waals surface area contributed by atoms with Gasteiger partial charge in [0.05, 0.1) is 30.7 Å². The Balaban J connectivity index is 2.11. The normalized spacial score (nSPS) is 10.5. The minimum Gasteiger partial charge on any atom is -0.497 e. The minimum absolute atomic E-state index is 0.293. The van der Waals surface area contributed by atoms with Gasteiger partial charge in [0.1, 0.15) is 11.6 Å². The van der Waals surface area contributed by atoms with E-state index in [1.165, 1.54) is 6.07 Å². The number of nitrogens with one attached hydrogen (secondary N) is 1. The van der Waals surface area contributed by atoms with E-state index >= 15 is 0 Å². The lowest BCUT2D eigenvalue weighted by Gasteiger charge is -2.09. The van der Waals surface area contributed by atoms with Crippen molar-refractivity contribution in [3.8, 4) is 5.75 Å². The predicted molar refractivity (Wildman–Crippen MR) is 72.9 cm³/mol. The van der Waals surface area contributed by atoms with Crippen LogP contribution in [0.4, 0.5) is 10.1 Å². The first-order valence-electron chi connectivity index (χ1n) is 6.23. The van der Waals surface area contributed by atoms with E-state index in [-0.39, 0.29) is 5.82 Å². The van der Waals surface area contributed by atoms with Gasteiger partial charge >= 0.3 is 0 Å². The van der Waals surface area contributed by atoms with Gasteiger partial charge in [-0.1, -0.05) is 6.92 Å². The second-order valence-corrected chi connectivity index (χ2v) is 4.30. The van der Waals surface area contributed by atoms with Crippen molar-refractivity contribution in [1.29, 1.82) is 0 Å². The summed E-state index contributed by atoms with van der Waals surface area (Å²) >= 11 is 0. The van der Waals surface area contributed by atoms with Crippen LogP contribution in [0.2, 0.25) is 0 Å². The third kappa shape index (κ3) is 3.05. The zero-order valence-electron chi connectivity index (χ0n) is 11.4. The number of hydrogen-bond acceptors (Lipinski definition) is 3. The quantitative estimate of drug-likeness (QED) is 0.901. The Hall–Kier alpha value is -2.04. The molecular weight excluding hydrogens is 245 g/mol. The molecule has 0 spiro atoms. The fraction of sp³-hybridized carbons (Fsp3) is 0.357. The molecule has 0 unspecified atom stereocenters. The molecule has 1 aromatic heterocycles. The number of rotatable bonds is 5. The number of aryl methyl sites for hydroxylation is 2. The van der Waals surface area contributed by atoms with Crippen molar-refractivity contribution >= 4 is 5.69 Å². The Labute approximate surface area is 112 Å². The van der Waals surface area contributed by atoms with E-state index in [4.69, 9.17) is 4.74 Å². The van der Waals surface area contributed by atoms with E-state index in [0.717, 1.165) is 17.8 Å². The van der Waals surface area contributed by atoms with Gasteiger partial charge in [-0.25, -0.2) is 4.39 Å². The molecule has 0 aliphatic heterocycles. The number of nitrogens with zero attached hydrogens (tertiary/aromatic N) is 2. The first-order valence-corrected chi connectivity index (χ1v) is 6.23. The van der Waals surface area contributed by atoms with E-state index in [9.17, 15) is 4.39 Å². The van der Waals surface area contributed by atoms with Crippen LogP contribution in [0.1, 0.15) is 18.3 Å². The Morgan fingerprint density at radius 2 is 2.16 bits per heavy atom. The van der Waals surface area contributed by atoms with Crippen LogP contribution in [0.15, 0.2) is 24.3 Å². The largest absolute Gasteiger partial charge is 0.497 e. The van der Waals surface area contributed by atoms with Crippen LogP contribution in [0.3, 0.4) is 0 Å². The van der Waals surface area contributed by atoms with Crippen LogP contribution in [-0.2, 0) is 20.0 Å². The summed E-state index contributed by atoms with van der Waals surface area (Å²) in [7, 11) is 3.45. The van der Waals surface area contributed by atoms with Crippen LogP contribution in [0.25, 0.3) is 0 Å². The highest BCUT2D eigenvalue weighted by atomic mass is 19.1. The lowest BCUT2D eigenvalue weighted by molar-refractivity contribution is 0.414. The molecule has 1 aromatic carbocycles. The van der Waals surface area contributed by atoms with Gasteiger partial charge in [0.2, 0.25) is 0 Å². The van der Waals surface area contributed by atoms with E-state index in [1.807, 2.05) is 17.8 Å². The number of halogens is 1. The van der Waals surface area contributed by atoms with Crippen molar-refractivity contribution in [1.82, 2.24) is 9.78 Å². The third-order valence-corrected chi connectivity index (χ3v) is 3.02. The maximum absolute atomic E-state index is 13.6. The highest BCUT2D eigenvalue weighted by Crippen LogP contribution is 2.21. The first-order chi connectivity index (χ1) is 9.13. The van der Waals surface area contributed by atoms with Gasteiger partial charge in [-0.05, 0) is 24.6 Å². The standard InChI is InChI=1S/C14H18FN3O/c1-4-10-7-11(18(2)17-10)9-16-14-8-12(19-3)5-6-13(14)15/h5-8,16H,4,9H2,1-3H3. The molecule has 102 valence electrons. The van der Waals surface area contributed by atoms with Gasteiger partial charge in [0.15, 0.2) is 0 Å². The van der Waals surface area contributed by atoms with Gasteiger partial charge in [0, 0.05) is 13.1 Å². The molecule has 0 bridgehead atoms. The van der Waals surface area contributed by atoms with Crippen LogP contribution in [-0.4, -0.2) is 16.9 Å². The number of ether oxygens (including phenoxy) is 1. The molecule has 0 saturated heterocycles. The number of methoxy groups -OCH3 is 1. The lowest BCUT2D eigenvalue weighted by Crippen LogP contribution is -2.06. The van der Waals surface area contributed by atoms with Crippen molar-refractivity contribution in [2.45, 2.75) is 19.9 Å². The summed E-state index contributed by atoms with van der Waals surface area (Å²) in [6.07, 6.45) is 0.890. The van der Waals surface area contributed by atoms with E-state index in [0.29, 0.717) is 18.0 Å². The van der Waals surface area contributed by atoms with Gasteiger partial charge in [-0.15, -0.1) is 0 Å². The zero-order chi connectivity index (χ0) is 13.8. The molecule has 0 aliphatic rings. The zero-order valence-corrected chi connectivity index (χ0v) is 11.4. The molecule has 0 amide bonds. The third-order valence-electron chi connectivity index (χ3n) is 3.02. The van der Waals surface area contributed by atoms with E-state index in [2.05, 4.69) is 17.3 Å². The monoisotopic (exact) mass is 263 g/mol. The van der Waals surface area contributed by atoms with Crippen LogP contribution in [0, 0.1) is 5.82 Å². The molecule has 19 heavy (non-hydrogen) atoms. The lowest BCUT2D eigenvalue weighted by atomic mass is 10.2. The Morgan fingerprint density at radius 3 is 2.79 bits per heavy atom. The first kappa shape index (κ1) is 13.4. The summed E-state index contributed by atoms with van der Waals surface area (Å²) in [5, 5.41) is 7.42. The van der Waals surface area contributed by atoms with Crippen LogP contribution in [0.5, 0.6) is 5.75 Å². The summed E-state index contributed by atoms with van der Waals surface area (Å²) < 4.78 is 20.5. The SMILES string of the molecule is CCc1cc(CNc2cc(OC)ccc2F)n(C)n1. The maximum atomic E-state index is 13.6. The summed E-state index contributed by atoms with van der Waals surface area (Å²) in [6.45, 7) is 2.58. The van der Waals surface area contributed by atoms with Gasteiger partial charge in [-0.3, -0.25) is 4.68 Å². The molecule has 0 fully saturated rings. The average molecular weight is 263 g/mol. The van der Waals surface area contributed by atoms with Crippen LogP contribution >= 0.6 is 0 Å². The molecule has 1 heterocycles. The molecule has 5 heteroatoms. The summed E-state index contributed by atoms with van der Waals surface area (Å²) in [5.41, 5.74) is 2.48. The van der Waals surface area contributed by atoms with Crippen molar-refractivity contribution in [3.05, 3.63) is 41.5 Å². The fourth-order valence-corrected chi connectivity index (χ4v) is 1.86. The highest BCUT2D eigenvalue weighted by Gasteiger charge is 2.07. The molecule has 2 rings (SSSR count). The maximum Gasteiger partial charge on any atom is 0.146 e. The van der Waals surface area contributed by atoms with Gasteiger partial charge < -0.3 is 10.1 Å². The Morgan fingerprint density at radius 1 is 1.37 bits per heavy atom. The number of aromatic nitrogens is 2. The Bertz CT molecular complexity index is 566. The number of anilines is 1. The molecule has 0 radical (unpaired) electrons. The molecule has 0 saturated carbocycles. The smallest absolute Gasteiger partial charge is 0.146 e. The number of hydrogen-bond donors (Lipinski definition) is 1. The fourth-order valence-electron chi connectivity index (χ4n) is 1.86. The predicted octanol–water partition coefficient (Wildman–Crippen LogP) is 2.74. The summed E-state index contributed by atoms with van der Waals surface area (Å²) in [6, 6.07) is 6.65. The van der Waals surface area contributed by atoms with Gasteiger partial charge in [0.25, 0.3) is 0 Å². The van der Waals surface area contributed by atoms with E-state index < -0.39 is 0 Å². The average Bonchev–Trinajstić information content (AvgIpc) is 2.78.